The number of nitrogens with zero attached hydrogens (tertiary/aromatic N) is 2. The summed E-state index contributed by atoms with van der Waals surface area (Å²) in [6, 6.07) is 1.44. The van der Waals surface area contributed by atoms with Crippen LogP contribution >= 0.6 is 0 Å². The van der Waals surface area contributed by atoms with Crippen LogP contribution in [0, 0.1) is 5.41 Å². The molecule has 0 aromatic heterocycles. The maximum absolute atomic E-state index is 3.75. The Bertz CT molecular complexity index is 256. The van der Waals surface area contributed by atoms with Crippen LogP contribution in [0.1, 0.15) is 40.5 Å². The summed E-state index contributed by atoms with van der Waals surface area (Å²) in [5.74, 6) is 0. The Morgan fingerprint density at radius 3 is 2.33 bits per heavy atom. The van der Waals surface area contributed by atoms with Gasteiger partial charge in [0.15, 0.2) is 0 Å². The van der Waals surface area contributed by atoms with E-state index < -0.39 is 0 Å². The number of hydrogen-bond acceptors (Lipinski definition) is 3. The van der Waals surface area contributed by atoms with Gasteiger partial charge < -0.3 is 10.2 Å². The largest absolute Gasteiger partial charge is 0.312 e. The molecule has 0 aromatic rings. The second-order valence-electron chi connectivity index (χ2n) is 6.60. The van der Waals surface area contributed by atoms with E-state index >= 15 is 0 Å². The second kappa shape index (κ2) is 5.89. The molecular weight excluding hydrogens is 222 g/mol. The topological polar surface area (TPSA) is 18.5 Å². The van der Waals surface area contributed by atoms with Gasteiger partial charge in [-0.05, 0) is 31.3 Å². The third-order valence-electron chi connectivity index (χ3n) is 5.06. The second-order valence-corrected chi connectivity index (χ2v) is 6.60. The highest BCUT2D eigenvalue weighted by Crippen LogP contribution is 2.40. The molecule has 1 aliphatic carbocycles. The molecule has 1 saturated carbocycles. The van der Waals surface area contributed by atoms with Crippen LogP contribution in [0.5, 0.6) is 0 Å². The van der Waals surface area contributed by atoms with E-state index in [1.165, 1.54) is 45.6 Å². The van der Waals surface area contributed by atoms with Gasteiger partial charge in [-0.3, -0.25) is 4.90 Å². The van der Waals surface area contributed by atoms with Gasteiger partial charge in [0.1, 0.15) is 0 Å². The third kappa shape index (κ3) is 2.89. The minimum Gasteiger partial charge on any atom is -0.312 e. The standard InChI is InChI=1S/C15H31N3/c1-5-16-14-13(7-8-15(14,3)4)18-11-9-17(6-2)10-12-18/h13-14,16H,5-12H2,1-4H3. The quantitative estimate of drug-likeness (QED) is 0.824. The Balaban J connectivity index is 1.96. The molecule has 1 N–H and O–H groups in total. The van der Waals surface area contributed by atoms with Crippen molar-refractivity contribution in [2.45, 2.75) is 52.6 Å². The number of likely N-dealkylation sites (N-methyl/N-ethyl adjacent to an activating group) is 2. The first-order valence-electron chi connectivity index (χ1n) is 7.78. The van der Waals surface area contributed by atoms with Crippen LogP contribution < -0.4 is 5.32 Å². The van der Waals surface area contributed by atoms with Gasteiger partial charge >= 0.3 is 0 Å². The van der Waals surface area contributed by atoms with Crippen molar-refractivity contribution in [3.05, 3.63) is 0 Å². The zero-order valence-electron chi connectivity index (χ0n) is 12.7. The minimum absolute atomic E-state index is 0.461. The summed E-state index contributed by atoms with van der Waals surface area (Å²) < 4.78 is 0. The van der Waals surface area contributed by atoms with Crippen LogP contribution in [0.15, 0.2) is 0 Å². The SMILES string of the molecule is CCNC1C(N2CCN(CC)CC2)CCC1(C)C. The highest BCUT2D eigenvalue weighted by molar-refractivity contribution is 5.01. The molecule has 18 heavy (non-hydrogen) atoms. The fourth-order valence-electron chi connectivity index (χ4n) is 3.80. The summed E-state index contributed by atoms with van der Waals surface area (Å²) >= 11 is 0. The van der Waals surface area contributed by atoms with E-state index in [2.05, 4.69) is 42.8 Å². The van der Waals surface area contributed by atoms with Crippen molar-refractivity contribution in [1.29, 1.82) is 0 Å². The summed E-state index contributed by atoms with van der Waals surface area (Å²) in [4.78, 5) is 5.31. The lowest BCUT2D eigenvalue weighted by Gasteiger charge is -2.42. The van der Waals surface area contributed by atoms with E-state index in [9.17, 15) is 0 Å². The monoisotopic (exact) mass is 253 g/mol. The summed E-state index contributed by atoms with van der Waals surface area (Å²) in [6.07, 6.45) is 2.74. The van der Waals surface area contributed by atoms with Crippen LogP contribution in [0.2, 0.25) is 0 Å². The molecule has 2 atom stereocenters. The van der Waals surface area contributed by atoms with E-state index in [1.54, 1.807) is 0 Å². The van der Waals surface area contributed by atoms with Gasteiger partial charge in [-0.25, -0.2) is 0 Å². The van der Waals surface area contributed by atoms with Crippen molar-refractivity contribution in [2.75, 3.05) is 39.3 Å². The van der Waals surface area contributed by atoms with Crippen LogP contribution in [0.4, 0.5) is 0 Å². The third-order valence-corrected chi connectivity index (χ3v) is 5.06. The normalized spacial score (nSPS) is 34.0. The van der Waals surface area contributed by atoms with Crippen LogP contribution in [-0.4, -0.2) is 61.2 Å². The molecular formula is C15H31N3. The smallest absolute Gasteiger partial charge is 0.0274 e. The predicted octanol–water partition coefficient (Wildman–Crippen LogP) is 1.79. The molecule has 0 radical (unpaired) electrons. The number of piperazine rings is 1. The number of rotatable bonds is 4. The van der Waals surface area contributed by atoms with Crippen LogP contribution in [-0.2, 0) is 0 Å². The Morgan fingerprint density at radius 2 is 1.78 bits per heavy atom. The molecule has 1 heterocycles. The lowest BCUT2D eigenvalue weighted by molar-refractivity contribution is 0.0792. The molecule has 3 heteroatoms. The Labute approximate surface area is 113 Å². The molecule has 2 fully saturated rings. The van der Waals surface area contributed by atoms with E-state index in [4.69, 9.17) is 0 Å². The van der Waals surface area contributed by atoms with E-state index in [0.29, 0.717) is 11.5 Å². The first-order chi connectivity index (χ1) is 8.58. The van der Waals surface area contributed by atoms with Crippen molar-refractivity contribution >= 4 is 0 Å². The molecule has 3 nitrogen and oxygen atoms in total. The van der Waals surface area contributed by atoms with Gasteiger partial charge in [0.25, 0.3) is 0 Å². The number of hydrogen-bond donors (Lipinski definition) is 1. The molecule has 1 saturated heterocycles. The van der Waals surface area contributed by atoms with Crippen molar-refractivity contribution in [1.82, 2.24) is 15.1 Å². The lowest BCUT2D eigenvalue weighted by Crippen LogP contribution is -2.57. The molecule has 2 unspecified atom stereocenters. The van der Waals surface area contributed by atoms with E-state index in [-0.39, 0.29) is 0 Å². The molecule has 1 aliphatic heterocycles. The molecule has 0 amide bonds. The minimum atomic E-state index is 0.461. The Morgan fingerprint density at radius 1 is 1.11 bits per heavy atom. The van der Waals surface area contributed by atoms with E-state index in [1.807, 2.05) is 0 Å². The van der Waals surface area contributed by atoms with Gasteiger partial charge in [0.2, 0.25) is 0 Å². The molecule has 2 aliphatic rings. The van der Waals surface area contributed by atoms with Gasteiger partial charge in [-0.15, -0.1) is 0 Å². The zero-order valence-corrected chi connectivity index (χ0v) is 12.7. The maximum Gasteiger partial charge on any atom is 0.0274 e. The summed E-state index contributed by atoms with van der Waals surface area (Å²) in [5.41, 5.74) is 0.461. The highest BCUT2D eigenvalue weighted by atomic mass is 15.3. The van der Waals surface area contributed by atoms with E-state index in [0.717, 1.165) is 12.6 Å². The van der Waals surface area contributed by atoms with Gasteiger partial charge in [0, 0.05) is 38.3 Å². The molecule has 0 aromatic carbocycles. The lowest BCUT2D eigenvalue weighted by atomic mass is 9.86. The molecule has 0 spiro atoms. The molecule has 106 valence electrons. The average Bonchev–Trinajstić information content (AvgIpc) is 2.66. The summed E-state index contributed by atoms with van der Waals surface area (Å²) in [5, 5.41) is 3.75. The fourth-order valence-corrected chi connectivity index (χ4v) is 3.80. The molecule has 2 rings (SSSR count). The number of nitrogens with one attached hydrogen (secondary N) is 1. The van der Waals surface area contributed by atoms with Crippen LogP contribution in [0.25, 0.3) is 0 Å². The summed E-state index contributed by atoms with van der Waals surface area (Å²) in [6.45, 7) is 16.7. The summed E-state index contributed by atoms with van der Waals surface area (Å²) in [7, 11) is 0. The molecule has 0 bridgehead atoms. The van der Waals surface area contributed by atoms with Crippen molar-refractivity contribution < 1.29 is 0 Å². The maximum atomic E-state index is 3.75. The van der Waals surface area contributed by atoms with Crippen molar-refractivity contribution in [3.63, 3.8) is 0 Å². The van der Waals surface area contributed by atoms with Gasteiger partial charge in [-0.2, -0.15) is 0 Å². The first kappa shape index (κ1) is 14.3. The first-order valence-corrected chi connectivity index (χ1v) is 7.78. The highest BCUT2D eigenvalue weighted by Gasteiger charge is 2.44. The average molecular weight is 253 g/mol. The zero-order chi connectivity index (χ0) is 13.2. The van der Waals surface area contributed by atoms with Crippen molar-refractivity contribution in [3.8, 4) is 0 Å². The van der Waals surface area contributed by atoms with Crippen LogP contribution in [0.3, 0.4) is 0 Å². The van der Waals surface area contributed by atoms with Gasteiger partial charge in [-0.1, -0.05) is 27.7 Å². The van der Waals surface area contributed by atoms with Gasteiger partial charge in [0.05, 0.1) is 0 Å². The Kier molecular flexibility index (Phi) is 4.68. The van der Waals surface area contributed by atoms with Crippen molar-refractivity contribution in [2.24, 2.45) is 5.41 Å². The fraction of sp³-hybridized carbons (Fsp3) is 1.00. The Hall–Kier alpha value is -0.120. The predicted molar refractivity (Wildman–Crippen MR) is 78.0 cm³/mol.